The number of hydrogen-bond acceptors (Lipinski definition) is 5. The minimum Gasteiger partial charge on any atom is -0.344 e. The molecule has 1 aromatic rings. The molecule has 0 spiro atoms. The molecule has 0 radical (unpaired) electrons. The van der Waals surface area contributed by atoms with Crippen LogP contribution in [0.15, 0.2) is 93.9 Å². The average Bonchev–Trinajstić information content (AvgIpc) is 3.37. The molecule has 0 saturated heterocycles. The van der Waals surface area contributed by atoms with Crippen LogP contribution in [-0.4, -0.2) is 65.7 Å². The van der Waals surface area contributed by atoms with Gasteiger partial charge in [-0.3, -0.25) is 9.11 Å². The zero-order valence-electron chi connectivity index (χ0n) is 29.1. The van der Waals surface area contributed by atoms with Crippen molar-refractivity contribution < 1.29 is 30.5 Å². The monoisotopic (exact) mass is 729 g/mol. The third kappa shape index (κ3) is 8.59. The number of para-hydroxylation sites is 1. The molecule has 0 bridgehead atoms. The van der Waals surface area contributed by atoms with E-state index in [9.17, 15) is 25.9 Å². The molecule has 0 amide bonds. The number of benzene rings is 1. The molecule has 2 aliphatic heterocycles. The summed E-state index contributed by atoms with van der Waals surface area (Å²) >= 11 is 7.15. The summed E-state index contributed by atoms with van der Waals surface area (Å²) in [6.07, 6.45) is 19.8. The first kappa shape index (κ1) is 37.5. The van der Waals surface area contributed by atoms with Crippen LogP contribution in [0.25, 0.3) is 0 Å². The lowest BCUT2D eigenvalue weighted by Gasteiger charge is -2.29. The Morgan fingerprint density at radius 2 is 1.57 bits per heavy atom. The van der Waals surface area contributed by atoms with E-state index in [4.69, 9.17) is 11.6 Å². The number of halogens is 1. The second-order valence-electron chi connectivity index (χ2n) is 14.5. The van der Waals surface area contributed by atoms with Crippen LogP contribution in [0.1, 0.15) is 91.0 Å². The van der Waals surface area contributed by atoms with E-state index in [1.165, 1.54) is 22.5 Å². The van der Waals surface area contributed by atoms with Crippen LogP contribution in [0.2, 0.25) is 0 Å². The Kier molecular flexibility index (Phi) is 11.4. The molecular formula is C38H50ClN2O6S2+. The molecule has 0 aromatic heterocycles. The van der Waals surface area contributed by atoms with E-state index in [1.54, 1.807) is 0 Å². The minimum absolute atomic E-state index is 0.182. The number of fused-ring (bicyclic) bond motifs is 1. The molecular weight excluding hydrogens is 680 g/mol. The first-order valence-electron chi connectivity index (χ1n) is 17.3. The van der Waals surface area contributed by atoms with Crippen LogP contribution in [-0.2, 0) is 25.7 Å². The predicted molar refractivity (Wildman–Crippen MR) is 198 cm³/mol. The molecule has 266 valence electrons. The summed E-state index contributed by atoms with van der Waals surface area (Å²) < 4.78 is 65.9. The van der Waals surface area contributed by atoms with Crippen LogP contribution < -0.4 is 0 Å². The van der Waals surface area contributed by atoms with Gasteiger partial charge in [0.2, 0.25) is 5.69 Å². The van der Waals surface area contributed by atoms with E-state index in [1.807, 2.05) is 12.1 Å². The fraction of sp³-hybridized carbons (Fsp3) is 0.500. The van der Waals surface area contributed by atoms with E-state index in [0.717, 1.165) is 59.7 Å². The highest BCUT2D eigenvalue weighted by Gasteiger charge is 2.44. The fourth-order valence-electron chi connectivity index (χ4n) is 7.76. The summed E-state index contributed by atoms with van der Waals surface area (Å²) in [6, 6.07) is 8.32. The summed E-state index contributed by atoms with van der Waals surface area (Å²) in [7, 11) is -7.98. The SMILES string of the molecule is CC1(C)C2=C(C=CCC2)N(CCCCS(=O)(=O)O)/C1=C\C=C1\CCCC(/C=C/C2=[N+](CCCCS(=O)(=O)O)c3ccccc3C2(C)C)=C1Cl. The zero-order valence-corrected chi connectivity index (χ0v) is 31.5. The number of allylic oxidation sites excluding steroid dienone is 10. The van der Waals surface area contributed by atoms with Crippen LogP contribution in [0.3, 0.4) is 0 Å². The van der Waals surface area contributed by atoms with Crippen molar-refractivity contribution in [1.82, 2.24) is 4.90 Å². The fourth-order valence-corrected chi connectivity index (χ4v) is 9.21. The number of nitrogens with zero attached hydrogens (tertiary/aromatic N) is 2. The maximum absolute atomic E-state index is 11.3. The first-order chi connectivity index (χ1) is 23.0. The van der Waals surface area contributed by atoms with E-state index in [2.05, 4.69) is 85.8 Å². The Bertz CT molecular complexity index is 1910. The summed E-state index contributed by atoms with van der Waals surface area (Å²) in [4.78, 5) is 2.31. The van der Waals surface area contributed by atoms with Crippen molar-refractivity contribution in [3.8, 4) is 0 Å². The predicted octanol–water partition coefficient (Wildman–Crippen LogP) is 8.39. The Labute approximate surface area is 297 Å². The van der Waals surface area contributed by atoms with Gasteiger partial charge in [0.15, 0.2) is 5.71 Å². The second-order valence-corrected chi connectivity index (χ2v) is 18.0. The molecule has 11 heteroatoms. The molecule has 2 aliphatic carbocycles. The minimum atomic E-state index is -3.99. The van der Waals surface area contributed by atoms with Gasteiger partial charge in [-0.2, -0.15) is 21.4 Å². The largest absolute Gasteiger partial charge is 0.344 e. The highest BCUT2D eigenvalue weighted by atomic mass is 35.5. The van der Waals surface area contributed by atoms with Crippen LogP contribution in [0, 0.1) is 5.41 Å². The van der Waals surface area contributed by atoms with Gasteiger partial charge in [0, 0.05) is 52.5 Å². The van der Waals surface area contributed by atoms with Gasteiger partial charge in [-0.1, -0.05) is 61.9 Å². The Morgan fingerprint density at radius 3 is 2.29 bits per heavy atom. The lowest BCUT2D eigenvalue weighted by molar-refractivity contribution is -0.438. The lowest BCUT2D eigenvalue weighted by Crippen LogP contribution is -2.28. The lowest BCUT2D eigenvalue weighted by atomic mass is 9.79. The first-order valence-corrected chi connectivity index (χ1v) is 20.9. The van der Waals surface area contributed by atoms with Crippen LogP contribution >= 0.6 is 11.6 Å². The average molecular weight is 730 g/mol. The molecule has 0 unspecified atom stereocenters. The van der Waals surface area contributed by atoms with Gasteiger partial charge < -0.3 is 4.90 Å². The van der Waals surface area contributed by atoms with Crippen molar-refractivity contribution in [2.75, 3.05) is 24.6 Å². The maximum Gasteiger partial charge on any atom is 0.264 e. The quantitative estimate of drug-likeness (QED) is 0.119. The molecule has 0 saturated carbocycles. The highest BCUT2D eigenvalue weighted by molar-refractivity contribution is 7.86. The number of hydrogen-bond donors (Lipinski definition) is 2. The van der Waals surface area contributed by atoms with Gasteiger partial charge in [0.25, 0.3) is 20.2 Å². The van der Waals surface area contributed by atoms with Gasteiger partial charge in [0.05, 0.1) is 16.9 Å². The maximum atomic E-state index is 11.3. The van der Waals surface area contributed by atoms with Gasteiger partial charge in [-0.05, 0) is 94.1 Å². The Morgan fingerprint density at radius 1 is 0.878 bits per heavy atom. The molecule has 2 heterocycles. The molecule has 0 atom stereocenters. The number of unbranched alkanes of at least 4 members (excludes halogenated alkanes) is 2. The molecule has 4 aliphatic rings. The third-order valence-corrected chi connectivity index (χ3v) is 12.4. The number of rotatable bonds is 13. The van der Waals surface area contributed by atoms with E-state index in [-0.39, 0.29) is 22.3 Å². The summed E-state index contributed by atoms with van der Waals surface area (Å²) in [6.45, 7) is 10.2. The molecule has 49 heavy (non-hydrogen) atoms. The zero-order chi connectivity index (χ0) is 35.6. The highest BCUT2D eigenvalue weighted by Crippen LogP contribution is 2.51. The molecule has 1 aromatic carbocycles. The van der Waals surface area contributed by atoms with Crippen LogP contribution in [0.4, 0.5) is 5.69 Å². The van der Waals surface area contributed by atoms with E-state index < -0.39 is 20.2 Å². The molecule has 2 N–H and O–H groups in total. The normalized spacial score (nSPS) is 22.3. The van der Waals surface area contributed by atoms with Crippen LogP contribution in [0.5, 0.6) is 0 Å². The second kappa shape index (κ2) is 14.8. The van der Waals surface area contributed by atoms with E-state index >= 15 is 0 Å². The van der Waals surface area contributed by atoms with Gasteiger partial charge >= 0.3 is 0 Å². The molecule has 8 nitrogen and oxygen atoms in total. The topological polar surface area (TPSA) is 115 Å². The molecule has 5 rings (SSSR count). The summed E-state index contributed by atoms with van der Waals surface area (Å²) in [5.74, 6) is -0.483. The van der Waals surface area contributed by atoms with Gasteiger partial charge in [-0.25, -0.2) is 0 Å². The van der Waals surface area contributed by atoms with Crippen molar-refractivity contribution in [2.45, 2.75) is 90.9 Å². The molecule has 0 fully saturated rings. The summed E-state index contributed by atoms with van der Waals surface area (Å²) in [5, 5.41) is 0.765. The Hall–Kier alpha value is -2.76. The Balaban J connectivity index is 1.43. The van der Waals surface area contributed by atoms with Crippen molar-refractivity contribution in [1.29, 1.82) is 0 Å². The van der Waals surface area contributed by atoms with Crippen molar-refractivity contribution >= 4 is 43.2 Å². The van der Waals surface area contributed by atoms with E-state index in [0.29, 0.717) is 38.8 Å². The summed E-state index contributed by atoms with van der Waals surface area (Å²) in [5.41, 5.74) is 8.93. The van der Waals surface area contributed by atoms with Crippen molar-refractivity contribution in [3.63, 3.8) is 0 Å². The van der Waals surface area contributed by atoms with Crippen molar-refractivity contribution in [2.24, 2.45) is 5.41 Å². The van der Waals surface area contributed by atoms with Gasteiger partial charge in [-0.15, -0.1) is 0 Å². The van der Waals surface area contributed by atoms with Crippen molar-refractivity contribution in [3.05, 3.63) is 99.4 Å². The smallest absolute Gasteiger partial charge is 0.264 e. The standard InChI is InChI=1S/C38H49ClN2O6S2/c1-37(2)30-16-5-7-18-32(30)40(24-9-11-26-48(42,43)44)34(37)22-20-28-14-13-15-29(36(28)39)21-23-35-38(3,4)31-17-6-8-19-33(31)41(35)25-10-12-27-49(45,46)47/h5,7-8,16,18-23H,6,9-15,17,24-27H2,1-4H3,(H-,42,43,44,45,46,47)/p+1. The third-order valence-electron chi connectivity index (χ3n) is 10.3. The van der Waals surface area contributed by atoms with Gasteiger partial charge in [0.1, 0.15) is 6.54 Å².